The number of hydrazine groups is 1. The number of aliphatic hydroxyl groups is 2. The van der Waals surface area contributed by atoms with Gasteiger partial charge in [0.2, 0.25) is 5.91 Å². The Hall–Kier alpha value is -0.910. The number of unbranched alkanes of at least 4 members (excludes halogenated alkanes) is 5. The van der Waals surface area contributed by atoms with Crippen molar-refractivity contribution in [2.24, 2.45) is 17.7 Å². The Morgan fingerprint density at radius 3 is 2.68 bits per heavy atom. The van der Waals surface area contributed by atoms with Crippen LogP contribution in [0.3, 0.4) is 0 Å². The number of carbonyl (C=O) groups excluding carboxylic acids is 1. The molecule has 5 nitrogen and oxygen atoms in total. The lowest BCUT2D eigenvalue weighted by molar-refractivity contribution is -0.121. The summed E-state index contributed by atoms with van der Waals surface area (Å²) in [5, 5.41) is 20.3. The zero-order chi connectivity index (χ0) is 18.5. The topological polar surface area (TPSA) is 95.6 Å². The average Bonchev–Trinajstić information content (AvgIpc) is 2.96. The van der Waals surface area contributed by atoms with Crippen LogP contribution in [0.2, 0.25) is 0 Å². The van der Waals surface area contributed by atoms with Crippen molar-refractivity contribution in [2.75, 3.05) is 0 Å². The van der Waals surface area contributed by atoms with Crippen LogP contribution in [0.4, 0.5) is 0 Å². The van der Waals surface area contributed by atoms with E-state index in [1.807, 2.05) is 6.08 Å². The van der Waals surface area contributed by atoms with Gasteiger partial charge in [-0.2, -0.15) is 0 Å². The molecular formula is C20H38N2O3. The largest absolute Gasteiger partial charge is 0.393 e. The molecule has 146 valence electrons. The van der Waals surface area contributed by atoms with Gasteiger partial charge in [0.15, 0.2) is 0 Å². The Morgan fingerprint density at radius 2 is 1.96 bits per heavy atom. The highest BCUT2D eigenvalue weighted by Gasteiger charge is 2.32. The standard InChI is InChI=1S/C20H38N2O3/c1-2-3-6-9-17(23)14-12-16-13-15-19(24)18(16)10-7-4-5-8-11-20(25)22-21/h12,14,16-19,23-24H,2-11,13,15,21H2,1H3,(H,22,25). The molecule has 0 spiro atoms. The van der Waals surface area contributed by atoms with E-state index in [4.69, 9.17) is 5.84 Å². The Kier molecular flexibility index (Phi) is 11.8. The van der Waals surface area contributed by atoms with Crippen LogP contribution in [0.25, 0.3) is 0 Å². The normalized spacial score (nSPS) is 24.7. The zero-order valence-corrected chi connectivity index (χ0v) is 15.8. The number of hydrogen-bond acceptors (Lipinski definition) is 4. The molecule has 0 saturated heterocycles. The number of allylic oxidation sites excluding steroid dienone is 1. The minimum atomic E-state index is -0.348. The second kappa shape index (κ2) is 13.3. The molecular weight excluding hydrogens is 316 g/mol. The Balaban J connectivity index is 2.25. The van der Waals surface area contributed by atoms with Gasteiger partial charge in [-0.05, 0) is 43.9 Å². The summed E-state index contributed by atoms with van der Waals surface area (Å²) in [5.74, 6) is 5.65. The number of nitrogens with two attached hydrogens (primary N) is 1. The van der Waals surface area contributed by atoms with E-state index in [0.717, 1.165) is 57.8 Å². The predicted octanol–water partition coefficient (Wildman–Crippen LogP) is 3.20. The summed E-state index contributed by atoms with van der Waals surface area (Å²) in [6.45, 7) is 2.17. The van der Waals surface area contributed by atoms with E-state index in [0.29, 0.717) is 18.3 Å². The van der Waals surface area contributed by atoms with Gasteiger partial charge in [-0.3, -0.25) is 10.2 Å². The van der Waals surface area contributed by atoms with Crippen LogP contribution in [0.5, 0.6) is 0 Å². The van der Waals surface area contributed by atoms with Gasteiger partial charge in [0, 0.05) is 6.42 Å². The van der Waals surface area contributed by atoms with Crippen molar-refractivity contribution < 1.29 is 15.0 Å². The quantitative estimate of drug-likeness (QED) is 0.134. The van der Waals surface area contributed by atoms with E-state index in [2.05, 4.69) is 18.4 Å². The summed E-state index contributed by atoms with van der Waals surface area (Å²) in [7, 11) is 0. The van der Waals surface area contributed by atoms with E-state index in [9.17, 15) is 15.0 Å². The third-order valence-electron chi connectivity index (χ3n) is 5.38. The molecule has 1 aliphatic rings. The molecule has 0 aromatic carbocycles. The number of hydrogen-bond donors (Lipinski definition) is 4. The van der Waals surface area contributed by atoms with E-state index < -0.39 is 0 Å². The van der Waals surface area contributed by atoms with Crippen LogP contribution < -0.4 is 11.3 Å². The first-order valence-corrected chi connectivity index (χ1v) is 10.1. The molecule has 1 fully saturated rings. The van der Waals surface area contributed by atoms with E-state index in [-0.39, 0.29) is 18.1 Å². The highest BCUT2D eigenvalue weighted by Crippen LogP contribution is 2.36. The number of rotatable bonds is 13. The number of carbonyl (C=O) groups is 1. The number of aliphatic hydroxyl groups excluding tert-OH is 2. The zero-order valence-electron chi connectivity index (χ0n) is 15.8. The maximum atomic E-state index is 11.1. The minimum absolute atomic E-state index is 0.103. The van der Waals surface area contributed by atoms with Crippen LogP contribution in [-0.2, 0) is 4.79 Å². The molecule has 5 N–H and O–H groups in total. The van der Waals surface area contributed by atoms with Crippen molar-refractivity contribution in [2.45, 2.75) is 96.2 Å². The van der Waals surface area contributed by atoms with Crippen LogP contribution in [-0.4, -0.2) is 28.3 Å². The fourth-order valence-corrected chi connectivity index (χ4v) is 3.78. The number of nitrogens with one attached hydrogen (secondary N) is 1. The molecule has 1 aliphatic carbocycles. The van der Waals surface area contributed by atoms with Crippen molar-refractivity contribution in [3.8, 4) is 0 Å². The van der Waals surface area contributed by atoms with Crippen LogP contribution in [0.15, 0.2) is 12.2 Å². The molecule has 0 heterocycles. The molecule has 1 amide bonds. The molecule has 4 atom stereocenters. The lowest BCUT2D eigenvalue weighted by Crippen LogP contribution is -2.29. The summed E-state index contributed by atoms with van der Waals surface area (Å²) in [5.41, 5.74) is 2.15. The fourth-order valence-electron chi connectivity index (χ4n) is 3.78. The highest BCUT2D eigenvalue weighted by molar-refractivity contribution is 5.74. The molecule has 1 saturated carbocycles. The monoisotopic (exact) mass is 354 g/mol. The van der Waals surface area contributed by atoms with Gasteiger partial charge in [-0.15, -0.1) is 0 Å². The second-order valence-corrected chi connectivity index (χ2v) is 7.44. The third kappa shape index (κ3) is 9.38. The Labute approximate surface area is 153 Å². The molecule has 5 heteroatoms. The van der Waals surface area contributed by atoms with Gasteiger partial charge in [-0.1, -0.05) is 57.6 Å². The van der Waals surface area contributed by atoms with Gasteiger partial charge in [0.1, 0.15) is 0 Å². The van der Waals surface area contributed by atoms with Gasteiger partial charge in [0.25, 0.3) is 0 Å². The van der Waals surface area contributed by atoms with E-state index in [1.165, 1.54) is 12.8 Å². The van der Waals surface area contributed by atoms with Crippen LogP contribution in [0.1, 0.15) is 84.0 Å². The molecule has 0 aliphatic heterocycles. The first-order valence-electron chi connectivity index (χ1n) is 10.1. The summed E-state index contributed by atoms with van der Waals surface area (Å²) >= 11 is 0. The first kappa shape index (κ1) is 22.1. The number of amides is 1. The second-order valence-electron chi connectivity index (χ2n) is 7.44. The molecule has 0 aromatic heterocycles. The van der Waals surface area contributed by atoms with Crippen LogP contribution in [0, 0.1) is 11.8 Å². The predicted molar refractivity (Wildman–Crippen MR) is 102 cm³/mol. The Morgan fingerprint density at radius 1 is 1.20 bits per heavy atom. The highest BCUT2D eigenvalue weighted by atomic mass is 16.3. The molecule has 25 heavy (non-hydrogen) atoms. The average molecular weight is 355 g/mol. The first-order chi connectivity index (χ1) is 12.1. The van der Waals surface area contributed by atoms with Crippen molar-refractivity contribution in [3.63, 3.8) is 0 Å². The van der Waals surface area contributed by atoms with E-state index in [1.54, 1.807) is 0 Å². The van der Waals surface area contributed by atoms with Crippen LogP contribution >= 0.6 is 0 Å². The fraction of sp³-hybridized carbons (Fsp3) is 0.850. The van der Waals surface area contributed by atoms with Crippen molar-refractivity contribution >= 4 is 5.91 Å². The van der Waals surface area contributed by atoms with Crippen molar-refractivity contribution in [1.82, 2.24) is 5.43 Å². The molecule has 4 unspecified atom stereocenters. The maximum absolute atomic E-state index is 11.1. The van der Waals surface area contributed by atoms with Gasteiger partial charge >= 0.3 is 0 Å². The summed E-state index contributed by atoms with van der Waals surface area (Å²) in [4.78, 5) is 11.1. The smallest absolute Gasteiger partial charge is 0.233 e. The third-order valence-corrected chi connectivity index (χ3v) is 5.38. The van der Waals surface area contributed by atoms with Crippen molar-refractivity contribution in [1.29, 1.82) is 0 Å². The molecule has 0 bridgehead atoms. The van der Waals surface area contributed by atoms with Crippen molar-refractivity contribution in [3.05, 3.63) is 12.2 Å². The summed E-state index contributed by atoms with van der Waals surface area (Å²) in [6.07, 6.45) is 15.2. The van der Waals surface area contributed by atoms with Gasteiger partial charge in [-0.25, -0.2) is 5.84 Å². The SMILES string of the molecule is CCCCCC(O)C=CC1CCC(O)C1CCCCCCC(=O)NN. The van der Waals surface area contributed by atoms with Gasteiger partial charge < -0.3 is 10.2 Å². The lowest BCUT2D eigenvalue weighted by atomic mass is 9.88. The Bertz CT molecular complexity index is 387. The molecule has 0 radical (unpaired) electrons. The minimum Gasteiger partial charge on any atom is -0.393 e. The summed E-state index contributed by atoms with van der Waals surface area (Å²) in [6, 6.07) is 0. The maximum Gasteiger partial charge on any atom is 0.233 e. The molecule has 1 rings (SSSR count). The molecule has 0 aromatic rings. The summed E-state index contributed by atoms with van der Waals surface area (Å²) < 4.78 is 0. The lowest BCUT2D eigenvalue weighted by Gasteiger charge is -2.20. The van der Waals surface area contributed by atoms with E-state index >= 15 is 0 Å². The van der Waals surface area contributed by atoms with Gasteiger partial charge in [0.05, 0.1) is 12.2 Å².